The van der Waals surface area contributed by atoms with Crippen LogP contribution in [0.25, 0.3) is 112 Å². The van der Waals surface area contributed by atoms with E-state index in [9.17, 15) is 0 Å². The van der Waals surface area contributed by atoms with Gasteiger partial charge in [-0.2, -0.15) is 0 Å². The summed E-state index contributed by atoms with van der Waals surface area (Å²) in [5.41, 5.74) is 18.6. The second-order valence-corrected chi connectivity index (χ2v) is 18.4. The fraction of sp³-hybridized carbons (Fsp3) is 0. The molecule has 13 rings (SSSR count). The van der Waals surface area contributed by atoms with Gasteiger partial charge in [-0.15, -0.1) is 0 Å². The molecule has 0 aliphatic heterocycles. The van der Waals surface area contributed by atoms with Crippen molar-refractivity contribution in [2.24, 2.45) is 0 Å². The van der Waals surface area contributed by atoms with Crippen LogP contribution in [-0.4, -0.2) is 15.0 Å². The van der Waals surface area contributed by atoms with E-state index in [0.29, 0.717) is 17.5 Å². The third kappa shape index (κ3) is 8.69. The zero-order chi connectivity index (χ0) is 49.2. The van der Waals surface area contributed by atoms with Crippen molar-refractivity contribution in [1.29, 1.82) is 0 Å². The number of fused-ring (bicyclic) bond motifs is 3. The molecule has 0 spiro atoms. The first-order valence-electron chi connectivity index (χ1n) is 24.9. The quantitative estimate of drug-likeness (QED) is 0.129. The minimum absolute atomic E-state index is 0.594. The normalized spacial score (nSPS) is 11.2. The molecule has 11 aromatic carbocycles. The predicted octanol–water partition coefficient (Wildman–Crippen LogP) is 18.6. The molecule has 0 radical (unpaired) electrons. The molecule has 0 fully saturated rings. The van der Waals surface area contributed by atoms with E-state index < -0.39 is 0 Å². The van der Waals surface area contributed by atoms with Gasteiger partial charge in [-0.05, 0) is 111 Å². The minimum Gasteiger partial charge on any atom is -0.455 e. The summed E-state index contributed by atoms with van der Waals surface area (Å²) in [7, 11) is 0. The molecule has 0 saturated heterocycles. The standard InChI is InChI=1S/C69H46N4O/c1-4-17-47(18-5-1)50-35-39-59(40-36-50)73(60-41-37-51(38-42-60)62-32-16-33-64-63-31-10-11-34-65(63)74-66(62)64)61-30-15-26-55(46-61)54-25-14-29-58(45-54)69-71-67(56-27-12-23-52(43-56)48-19-6-2-7-20-48)70-68(72-69)57-28-13-24-53(44-57)49-21-8-3-9-22-49/h1-46H. The van der Waals surface area contributed by atoms with Gasteiger partial charge in [0, 0.05) is 50.1 Å². The van der Waals surface area contributed by atoms with Gasteiger partial charge in [0.05, 0.1) is 0 Å². The predicted molar refractivity (Wildman–Crippen MR) is 305 cm³/mol. The van der Waals surface area contributed by atoms with Crippen LogP contribution in [0.1, 0.15) is 0 Å². The maximum absolute atomic E-state index is 6.46. The number of aromatic nitrogens is 3. The van der Waals surface area contributed by atoms with E-state index in [-0.39, 0.29) is 0 Å². The Morgan fingerprint density at radius 2 is 0.608 bits per heavy atom. The molecule has 0 aliphatic rings. The fourth-order valence-corrected chi connectivity index (χ4v) is 10.0. The van der Waals surface area contributed by atoms with Gasteiger partial charge >= 0.3 is 0 Å². The number of furan rings is 1. The van der Waals surface area contributed by atoms with E-state index >= 15 is 0 Å². The molecule has 0 amide bonds. The van der Waals surface area contributed by atoms with Gasteiger partial charge in [-0.1, -0.05) is 218 Å². The highest BCUT2D eigenvalue weighted by Crippen LogP contribution is 2.41. The van der Waals surface area contributed by atoms with Gasteiger partial charge in [0.15, 0.2) is 17.5 Å². The van der Waals surface area contributed by atoms with Crippen LogP contribution in [0.4, 0.5) is 17.1 Å². The number of nitrogens with zero attached hydrogens (tertiary/aromatic N) is 4. The van der Waals surface area contributed by atoms with Crippen LogP contribution in [0.15, 0.2) is 283 Å². The van der Waals surface area contributed by atoms with Crippen molar-refractivity contribution < 1.29 is 4.42 Å². The third-order valence-electron chi connectivity index (χ3n) is 13.7. The first kappa shape index (κ1) is 44.0. The Hall–Kier alpha value is -9.97. The van der Waals surface area contributed by atoms with Gasteiger partial charge in [0.2, 0.25) is 0 Å². The Morgan fingerprint density at radius 3 is 1.14 bits per heavy atom. The number of anilines is 3. The van der Waals surface area contributed by atoms with E-state index in [2.05, 4.69) is 260 Å². The average molecular weight is 947 g/mol. The highest BCUT2D eigenvalue weighted by Gasteiger charge is 2.19. The SMILES string of the molecule is c1ccc(-c2ccc(N(c3ccc(-c4cccc5c4oc4ccccc45)cc3)c3cccc(-c4cccc(-c5nc(-c6cccc(-c7ccccc7)c6)nc(-c6cccc(-c7ccccc7)c6)n5)c4)c3)cc2)cc1. The summed E-state index contributed by atoms with van der Waals surface area (Å²) in [6, 6.07) is 97.8. The van der Waals surface area contributed by atoms with Crippen LogP contribution in [0.3, 0.4) is 0 Å². The van der Waals surface area contributed by atoms with E-state index in [1.54, 1.807) is 0 Å². The topological polar surface area (TPSA) is 55.1 Å². The summed E-state index contributed by atoms with van der Waals surface area (Å²) in [6.07, 6.45) is 0. The Balaban J connectivity index is 0.894. The molecule has 0 atom stereocenters. The lowest BCUT2D eigenvalue weighted by molar-refractivity contribution is 0.670. The Kier molecular flexibility index (Phi) is 11.5. The molecule has 348 valence electrons. The number of hydrogen-bond acceptors (Lipinski definition) is 5. The van der Waals surface area contributed by atoms with Crippen LogP contribution in [-0.2, 0) is 0 Å². The highest BCUT2D eigenvalue weighted by molar-refractivity contribution is 6.09. The maximum atomic E-state index is 6.46. The lowest BCUT2D eigenvalue weighted by Gasteiger charge is -2.26. The van der Waals surface area contributed by atoms with Crippen LogP contribution < -0.4 is 4.90 Å². The van der Waals surface area contributed by atoms with Crippen LogP contribution >= 0.6 is 0 Å². The van der Waals surface area contributed by atoms with Crippen molar-refractivity contribution >= 4 is 39.0 Å². The maximum Gasteiger partial charge on any atom is 0.164 e. The largest absolute Gasteiger partial charge is 0.455 e. The number of hydrogen-bond donors (Lipinski definition) is 0. The summed E-state index contributed by atoms with van der Waals surface area (Å²) in [6.45, 7) is 0. The smallest absolute Gasteiger partial charge is 0.164 e. The summed E-state index contributed by atoms with van der Waals surface area (Å²) < 4.78 is 6.46. The summed E-state index contributed by atoms with van der Waals surface area (Å²) in [4.78, 5) is 17.9. The number of benzene rings is 11. The van der Waals surface area contributed by atoms with Crippen molar-refractivity contribution in [2.45, 2.75) is 0 Å². The van der Waals surface area contributed by atoms with Gasteiger partial charge in [0.1, 0.15) is 11.2 Å². The highest BCUT2D eigenvalue weighted by atomic mass is 16.3. The molecular weight excluding hydrogens is 901 g/mol. The van der Waals surface area contributed by atoms with E-state index in [0.717, 1.165) is 106 Å². The van der Waals surface area contributed by atoms with E-state index in [1.807, 2.05) is 24.3 Å². The van der Waals surface area contributed by atoms with Gasteiger partial charge in [-0.3, -0.25) is 0 Å². The summed E-state index contributed by atoms with van der Waals surface area (Å²) in [5.74, 6) is 1.81. The molecule has 0 saturated carbocycles. The number of para-hydroxylation sites is 2. The van der Waals surface area contributed by atoms with Crippen molar-refractivity contribution in [3.8, 4) is 89.8 Å². The first-order valence-corrected chi connectivity index (χ1v) is 24.9. The van der Waals surface area contributed by atoms with Crippen LogP contribution in [0, 0.1) is 0 Å². The van der Waals surface area contributed by atoms with Crippen LogP contribution in [0.2, 0.25) is 0 Å². The summed E-state index contributed by atoms with van der Waals surface area (Å²) >= 11 is 0. The zero-order valence-electron chi connectivity index (χ0n) is 40.3. The van der Waals surface area contributed by atoms with Gasteiger partial charge in [0.25, 0.3) is 0 Å². The van der Waals surface area contributed by atoms with Gasteiger partial charge in [-0.25, -0.2) is 15.0 Å². The molecule has 0 N–H and O–H groups in total. The van der Waals surface area contributed by atoms with Crippen molar-refractivity contribution in [1.82, 2.24) is 15.0 Å². The zero-order valence-corrected chi connectivity index (χ0v) is 40.3. The van der Waals surface area contributed by atoms with Crippen molar-refractivity contribution in [3.63, 3.8) is 0 Å². The minimum atomic E-state index is 0.594. The molecule has 13 aromatic rings. The number of rotatable bonds is 11. The lowest BCUT2D eigenvalue weighted by Crippen LogP contribution is -2.10. The van der Waals surface area contributed by atoms with E-state index in [4.69, 9.17) is 19.4 Å². The molecule has 0 aliphatic carbocycles. The second-order valence-electron chi connectivity index (χ2n) is 18.4. The molecule has 0 bridgehead atoms. The fourth-order valence-electron chi connectivity index (χ4n) is 10.0. The second kappa shape index (κ2) is 19.3. The molecule has 2 heterocycles. The molecule has 5 heteroatoms. The molecule has 0 unspecified atom stereocenters. The average Bonchev–Trinajstić information content (AvgIpc) is 3.88. The Bertz CT molecular complexity index is 4010. The summed E-state index contributed by atoms with van der Waals surface area (Å²) in [5, 5.41) is 2.23. The van der Waals surface area contributed by atoms with E-state index in [1.165, 1.54) is 5.56 Å². The van der Waals surface area contributed by atoms with Crippen LogP contribution in [0.5, 0.6) is 0 Å². The lowest BCUT2D eigenvalue weighted by atomic mass is 10.00. The molecular formula is C69H46N4O. The first-order chi connectivity index (χ1) is 36.6. The van der Waals surface area contributed by atoms with Gasteiger partial charge < -0.3 is 9.32 Å². The molecule has 74 heavy (non-hydrogen) atoms. The van der Waals surface area contributed by atoms with Crippen molar-refractivity contribution in [2.75, 3.05) is 4.90 Å². The third-order valence-corrected chi connectivity index (χ3v) is 13.7. The molecule has 5 nitrogen and oxygen atoms in total. The Labute approximate surface area is 430 Å². The Morgan fingerprint density at radius 1 is 0.243 bits per heavy atom. The monoisotopic (exact) mass is 946 g/mol. The van der Waals surface area contributed by atoms with Crippen molar-refractivity contribution in [3.05, 3.63) is 279 Å². The molecule has 2 aromatic heterocycles.